The molecule has 4 aliphatic rings. The normalized spacial score (nSPS) is 19.3. The highest BCUT2D eigenvalue weighted by atomic mass is 32.2. The molecule has 2 saturated heterocycles. The number of likely N-dealkylation sites (tertiary alicyclic amines) is 1. The van der Waals surface area contributed by atoms with Crippen molar-refractivity contribution in [2.75, 3.05) is 48.3 Å². The molecule has 2 aromatic rings. The van der Waals surface area contributed by atoms with Crippen molar-refractivity contribution in [2.24, 2.45) is 0 Å². The fourth-order valence-electron chi connectivity index (χ4n) is 5.56. The molecule has 232 valence electrons. The van der Waals surface area contributed by atoms with E-state index in [0.29, 0.717) is 49.4 Å². The van der Waals surface area contributed by atoms with E-state index in [0.717, 1.165) is 47.6 Å². The molecule has 0 bridgehead atoms. The largest absolute Gasteiger partial charge is 0.486 e. The summed E-state index contributed by atoms with van der Waals surface area (Å²) in [6.45, 7) is 14.5. The number of amides is 2. The molecule has 0 atom stereocenters. The highest BCUT2D eigenvalue weighted by molar-refractivity contribution is 7.94. The van der Waals surface area contributed by atoms with E-state index in [4.69, 9.17) is 18.4 Å². The summed E-state index contributed by atoms with van der Waals surface area (Å²) in [5.41, 5.74) is 2.21. The van der Waals surface area contributed by atoms with Crippen molar-refractivity contribution in [3.05, 3.63) is 35.2 Å². The molecule has 3 aliphatic heterocycles. The Hall–Kier alpha value is -3.25. The molecule has 1 aromatic carbocycles. The molecule has 0 N–H and O–H groups in total. The first-order valence-corrected chi connectivity index (χ1v) is 15.9. The summed E-state index contributed by atoms with van der Waals surface area (Å²) in [6.07, 6.45) is 2.79. The first kappa shape index (κ1) is 29.8. The van der Waals surface area contributed by atoms with Gasteiger partial charge in [0.15, 0.2) is 5.82 Å². The number of hydrogen-bond donors (Lipinski definition) is 0. The first-order chi connectivity index (χ1) is 20.4. The third-order valence-corrected chi connectivity index (χ3v) is 8.39. The topological polar surface area (TPSA) is 107 Å². The van der Waals surface area contributed by atoms with Gasteiger partial charge in [-0.1, -0.05) is 6.07 Å². The van der Waals surface area contributed by atoms with Gasteiger partial charge in [0.1, 0.15) is 35.7 Å². The van der Waals surface area contributed by atoms with Gasteiger partial charge in [0.25, 0.3) is 0 Å². The maximum Gasteiger partial charge on any atom is 0.420 e. The smallest absolute Gasteiger partial charge is 0.420 e. The summed E-state index contributed by atoms with van der Waals surface area (Å²) in [6, 6.07) is 4.21. The molecule has 0 radical (unpaired) electrons. The summed E-state index contributed by atoms with van der Waals surface area (Å²) < 4.78 is 23.8. The molecule has 1 saturated carbocycles. The molecule has 12 heteroatoms. The van der Waals surface area contributed by atoms with Crippen LogP contribution in [0.4, 0.5) is 26.9 Å². The number of aromatic nitrogens is 2. The number of ether oxygens (including phenoxy) is 3. The van der Waals surface area contributed by atoms with Crippen LogP contribution in [0.25, 0.3) is 0 Å². The van der Waals surface area contributed by atoms with Gasteiger partial charge in [-0.25, -0.2) is 24.5 Å². The molecule has 0 unspecified atom stereocenters. The van der Waals surface area contributed by atoms with Gasteiger partial charge in [0.2, 0.25) is 0 Å². The van der Waals surface area contributed by atoms with E-state index in [9.17, 15) is 9.59 Å². The molecule has 3 fully saturated rings. The summed E-state index contributed by atoms with van der Waals surface area (Å²) in [5, 5.41) is 0. The minimum absolute atomic E-state index is 0.106. The van der Waals surface area contributed by atoms with Crippen LogP contribution in [0.3, 0.4) is 0 Å². The van der Waals surface area contributed by atoms with Crippen molar-refractivity contribution < 1.29 is 28.0 Å². The SMILES string of the molecule is CC(C)(C)OC(=O)N1CC(c2cc(C3CC3)c3c(c2)N(C(=O)OC(C)(C)C)c2ncnc(N4CCOSCC4)c2CO3)C1. The predicted octanol–water partition coefficient (Wildman–Crippen LogP) is 6.14. The number of benzene rings is 1. The van der Waals surface area contributed by atoms with Gasteiger partial charge in [-0.15, -0.1) is 0 Å². The van der Waals surface area contributed by atoms with E-state index < -0.39 is 17.3 Å². The van der Waals surface area contributed by atoms with Crippen LogP contribution in [-0.4, -0.2) is 76.8 Å². The number of nitrogens with zero attached hydrogens (tertiary/aromatic N) is 5. The zero-order chi connectivity index (χ0) is 30.5. The highest BCUT2D eigenvalue weighted by Gasteiger charge is 2.41. The zero-order valence-electron chi connectivity index (χ0n) is 25.8. The summed E-state index contributed by atoms with van der Waals surface area (Å²) >= 11 is 1.45. The Bertz CT molecular complexity index is 1390. The Morgan fingerprint density at radius 2 is 1.63 bits per heavy atom. The standard InChI is InChI=1S/C31H41N5O6S/c1-30(2,3)41-28(37)35-15-21(16-35)20-13-22(19-7-8-19)25-24(14-20)36(29(38)42-31(4,5)6)27-23(17-39-25)26(32-18-33-27)34-9-11-40-43-12-10-34/h13-14,18-19,21H,7-12,15-17H2,1-6H3. The zero-order valence-corrected chi connectivity index (χ0v) is 26.7. The second-order valence-corrected chi connectivity index (χ2v) is 14.4. The minimum atomic E-state index is -0.724. The van der Waals surface area contributed by atoms with Crippen LogP contribution in [0.1, 0.15) is 82.9 Å². The van der Waals surface area contributed by atoms with Crippen molar-refractivity contribution in [1.82, 2.24) is 14.9 Å². The van der Waals surface area contributed by atoms with Crippen LogP contribution < -0.4 is 14.5 Å². The molecule has 6 rings (SSSR count). The highest BCUT2D eigenvalue weighted by Crippen LogP contribution is 2.52. The summed E-state index contributed by atoms with van der Waals surface area (Å²) in [5.74, 6) is 3.12. The van der Waals surface area contributed by atoms with Crippen molar-refractivity contribution in [3.8, 4) is 5.75 Å². The molecular weight excluding hydrogens is 570 g/mol. The Balaban J connectivity index is 1.41. The lowest BCUT2D eigenvalue weighted by Crippen LogP contribution is -2.50. The number of carbonyl (C=O) groups excluding carboxylic acids is 2. The number of hydrogen-bond acceptors (Lipinski definition) is 10. The van der Waals surface area contributed by atoms with E-state index in [1.165, 1.54) is 18.4 Å². The predicted molar refractivity (Wildman–Crippen MR) is 164 cm³/mol. The van der Waals surface area contributed by atoms with Crippen LogP contribution in [0.2, 0.25) is 0 Å². The van der Waals surface area contributed by atoms with E-state index in [2.05, 4.69) is 20.9 Å². The van der Waals surface area contributed by atoms with Crippen LogP contribution in [0, 0.1) is 0 Å². The van der Waals surface area contributed by atoms with E-state index >= 15 is 0 Å². The quantitative estimate of drug-likeness (QED) is 0.376. The number of fused-ring (bicyclic) bond motifs is 2. The van der Waals surface area contributed by atoms with Gasteiger partial charge in [-0.05, 0) is 89.5 Å². The maximum atomic E-state index is 14.1. The van der Waals surface area contributed by atoms with Crippen LogP contribution in [-0.2, 0) is 20.3 Å². The lowest BCUT2D eigenvalue weighted by Gasteiger charge is -2.40. The lowest BCUT2D eigenvalue weighted by atomic mass is 9.89. The van der Waals surface area contributed by atoms with Gasteiger partial charge in [0.05, 0.1) is 17.9 Å². The molecule has 1 aromatic heterocycles. The molecular formula is C31H41N5O6S. The average molecular weight is 612 g/mol. The van der Waals surface area contributed by atoms with E-state index in [1.807, 2.05) is 47.6 Å². The van der Waals surface area contributed by atoms with Crippen LogP contribution in [0.15, 0.2) is 18.5 Å². The Labute approximate surface area is 257 Å². The second kappa shape index (κ2) is 11.4. The van der Waals surface area contributed by atoms with Crippen molar-refractivity contribution in [3.63, 3.8) is 0 Å². The Morgan fingerprint density at radius 3 is 2.33 bits per heavy atom. The Morgan fingerprint density at radius 1 is 0.930 bits per heavy atom. The second-order valence-electron chi connectivity index (χ2n) is 13.5. The monoisotopic (exact) mass is 611 g/mol. The fourth-order valence-corrected chi connectivity index (χ4v) is 6.16. The molecule has 1 aliphatic carbocycles. The van der Waals surface area contributed by atoms with Crippen LogP contribution >= 0.6 is 12.0 Å². The van der Waals surface area contributed by atoms with Crippen molar-refractivity contribution in [2.45, 2.75) is 84.0 Å². The molecule has 0 spiro atoms. The molecule has 11 nitrogen and oxygen atoms in total. The van der Waals surface area contributed by atoms with Gasteiger partial charge in [-0.3, -0.25) is 0 Å². The lowest BCUT2D eigenvalue weighted by molar-refractivity contribution is 0.00818. The minimum Gasteiger partial charge on any atom is -0.486 e. The number of rotatable bonds is 3. The number of carbonyl (C=O) groups is 2. The maximum absolute atomic E-state index is 14.1. The van der Waals surface area contributed by atoms with E-state index in [-0.39, 0.29) is 18.6 Å². The fraction of sp³-hybridized carbons (Fsp3) is 0.613. The summed E-state index contributed by atoms with van der Waals surface area (Å²) in [4.78, 5) is 41.5. The van der Waals surface area contributed by atoms with Crippen LogP contribution in [0.5, 0.6) is 5.75 Å². The summed E-state index contributed by atoms with van der Waals surface area (Å²) in [7, 11) is 0. The third kappa shape index (κ3) is 6.50. The number of anilines is 3. The van der Waals surface area contributed by atoms with Gasteiger partial charge >= 0.3 is 12.2 Å². The van der Waals surface area contributed by atoms with Gasteiger partial charge in [0, 0.05) is 37.8 Å². The van der Waals surface area contributed by atoms with Gasteiger partial charge < -0.3 is 28.2 Å². The molecule has 2 amide bonds. The van der Waals surface area contributed by atoms with Crippen molar-refractivity contribution >= 4 is 41.6 Å². The van der Waals surface area contributed by atoms with Crippen molar-refractivity contribution in [1.29, 1.82) is 0 Å². The van der Waals surface area contributed by atoms with Gasteiger partial charge in [-0.2, -0.15) is 0 Å². The first-order valence-electron chi connectivity index (χ1n) is 15.0. The average Bonchev–Trinajstić information content (AvgIpc) is 3.73. The molecule has 4 heterocycles. The third-order valence-electron chi connectivity index (χ3n) is 7.70. The van der Waals surface area contributed by atoms with E-state index in [1.54, 1.807) is 9.80 Å². The molecule has 43 heavy (non-hydrogen) atoms. The Kier molecular flexibility index (Phi) is 7.87.